The van der Waals surface area contributed by atoms with Crippen molar-refractivity contribution in [3.05, 3.63) is 35.9 Å². The van der Waals surface area contributed by atoms with Crippen LogP contribution in [0.15, 0.2) is 30.3 Å². The maximum Gasteiger partial charge on any atom is 0.230 e. The van der Waals surface area contributed by atoms with Crippen LogP contribution in [0.2, 0.25) is 0 Å². The number of nitrogens with zero attached hydrogens (tertiary/aromatic N) is 1. The third kappa shape index (κ3) is 4.51. The Hall–Kier alpha value is -1.64. The molecule has 3 heteroatoms. The van der Waals surface area contributed by atoms with Gasteiger partial charge >= 0.3 is 0 Å². The van der Waals surface area contributed by atoms with Crippen molar-refractivity contribution in [3.8, 4) is 0 Å². The molecular weight excluding hydrogens is 238 g/mol. The van der Waals surface area contributed by atoms with Crippen molar-refractivity contribution >= 4 is 11.7 Å². The minimum Gasteiger partial charge on any atom is -0.342 e. The molecule has 0 N–H and O–H groups in total. The molecule has 0 spiro atoms. The Morgan fingerprint density at radius 3 is 2.37 bits per heavy atom. The quantitative estimate of drug-likeness (QED) is 0.762. The zero-order chi connectivity index (χ0) is 13.5. The molecule has 1 saturated heterocycles. The van der Waals surface area contributed by atoms with Gasteiger partial charge in [0.05, 0.1) is 6.42 Å². The first-order valence-electron chi connectivity index (χ1n) is 7.09. The molecule has 1 aromatic rings. The van der Waals surface area contributed by atoms with Crippen LogP contribution < -0.4 is 0 Å². The lowest BCUT2D eigenvalue weighted by atomic mass is 10.1. The zero-order valence-corrected chi connectivity index (χ0v) is 11.3. The van der Waals surface area contributed by atoms with Crippen molar-refractivity contribution < 1.29 is 9.59 Å². The van der Waals surface area contributed by atoms with Gasteiger partial charge in [-0.3, -0.25) is 9.59 Å². The first-order chi connectivity index (χ1) is 9.25. The Morgan fingerprint density at radius 1 is 1.00 bits per heavy atom. The average Bonchev–Trinajstić information content (AvgIpc) is 2.47. The van der Waals surface area contributed by atoms with Crippen molar-refractivity contribution in [1.29, 1.82) is 0 Å². The lowest BCUT2D eigenvalue weighted by Gasteiger charge is -2.26. The molecule has 3 nitrogen and oxygen atoms in total. The number of hydrogen-bond acceptors (Lipinski definition) is 2. The van der Waals surface area contributed by atoms with Crippen LogP contribution in [-0.2, 0) is 16.0 Å². The van der Waals surface area contributed by atoms with Gasteiger partial charge in [0.25, 0.3) is 0 Å². The molecule has 1 aliphatic rings. The molecule has 1 aliphatic heterocycles. The molecule has 1 amide bonds. The number of likely N-dealkylation sites (tertiary alicyclic amines) is 1. The number of amides is 1. The van der Waals surface area contributed by atoms with Crippen LogP contribution in [0, 0.1) is 0 Å². The predicted octanol–water partition coefficient (Wildman–Crippen LogP) is 2.59. The number of rotatable bonds is 5. The van der Waals surface area contributed by atoms with Crippen molar-refractivity contribution in [3.63, 3.8) is 0 Å². The van der Waals surface area contributed by atoms with Crippen LogP contribution in [0.1, 0.15) is 37.7 Å². The summed E-state index contributed by atoms with van der Waals surface area (Å²) >= 11 is 0. The SMILES string of the molecule is O=C(CCc1ccccc1)CC(=O)N1CCCCC1. The highest BCUT2D eigenvalue weighted by molar-refractivity contribution is 5.98. The summed E-state index contributed by atoms with van der Waals surface area (Å²) in [5.74, 6) is 0.0668. The smallest absolute Gasteiger partial charge is 0.230 e. The van der Waals surface area contributed by atoms with E-state index in [0.717, 1.165) is 37.9 Å². The Bertz CT molecular complexity index is 422. The Labute approximate surface area is 114 Å². The molecule has 1 aromatic carbocycles. The predicted molar refractivity (Wildman–Crippen MR) is 74.8 cm³/mol. The minimum atomic E-state index is 0.0118. The van der Waals surface area contributed by atoms with E-state index in [1.807, 2.05) is 35.2 Å². The third-order valence-corrected chi connectivity index (χ3v) is 3.59. The fourth-order valence-corrected chi connectivity index (χ4v) is 2.44. The summed E-state index contributed by atoms with van der Waals surface area (Å²) < 4.78 is 0. The van der Waals surface area contributed by atoms with Crippen molar-refractivity contribution in [2.75, 3.05) is 13.1 Å². The third-order valence-electron chi connectivity index (χ3n) is 3.59. The highest BCUT2D eigenvalue weighted by atomic mass is 16.2. The number of piperidine rings is 1. The largest absolute Gasteiger partial charge is 0.342 e. The molecule has 102 valence electrons. The molecule has 0 bridgehead atoms. The molecular formula is C16H21NO2. The van der Waals surface area contributed by atoms with Crippen molar-refractivity contribution in [2.45, 2.75) is 38.5 Å². The second-order valence-corrected chi connectivity index (χ2v) is 5.14. The van der Waals surface area contributed by atoms with E-state index in [0.29, 0.717) is 6.42 Å². The number of carbonyl (C=O) groups excluding carboxylic acids is 2. The van der Waals surface area contributed by atoms with Crippen molar-refractivity contribution in [2.24, 2.45) is 0 Å². The summed E-state index contributed by atoms with van der Waals surface area (Å²) in [5.41, 5.74) is 1.15. The van der Waals surface area contributed by atoms with E-state index >= 15 is 0 Å². The standard InChI is InChI=1S/C16H21NO2/c18-15(10-9-14-7-3-1-4-8-14)13-16(19)17-11-5-2-6-12-17/h1,3-4,7-8H,2,5-6,9-13H2. The zero-order valence-electron chi connectivity index (χ0n) is 11.3. The first kappa shape index (κ1) is 13.8. The fraction of sp³-hybridized carbons (Fsp3) is 0.500. The molecule has 0 radical (unpaired) electrons. The second-order valence-electron chi connectivity index (χ2n) is 5.14. The first-order valence-corrected chi connectivity index (χ1v) is 7.09. The van der Waals surface area contributed by atoms with Gasteiger partial charge in [-0.15, -0.1) is 0 Å². The molecule has 1 fully saturated rings. The number of ketones is 1. The molecule has 1 heterocycles. The van der Waals surface area contributed by atoms with Crippen LogP contribution in [-0.4, -0.2) is 29.7 Å². The molecule has 0 aromatic heterocycles. The molecule has 0 saturated carbocycles. The summed E-state index contributed by atoms with van der Waals surface area (Å²) in [6, 6.07) is 9.93. The summed E-state index contributed by atoms with van der Waals surface area (Å²) in [6.07, 6.45) is 4.61. The van der Waals surface area contributed by atoms with Crippen LogP contribution in [0.5, 0.6) is 0 Å². The van der Waals surface area contributed by atoms with E-state index in [4.69, 9.17) is 0 Å². The topological polar surface area (TPSA) is 37.4 Å². The molecule has 0 aliphatic carbocycles. The Balaban J connectivity index is 1.73. The number of hydrogen-bond donors (Lipinski definition) is 0. The summed E-state index contributed by atoms with van der Waals surface area (Å²) in [6.45, 7) is 1.65. The van der Waals surface area contributed by atoms with Crippen molar-refractivity contribution in [1.82, 2.24) is 4.90 Å². The van der Waals surface area contributed by atoms with Gasteiger partial charge in [-0.05, 0) is 31.2 Å². The van der Waals surface area contributed by atoms with Gasteiger partial charge in [0.2, 0.25) is 5.91 Å². The Morgan fingerprint density at radius 2 is 1.68 bits per heavy atom. The highest BCUT2D eigenvalue weighted by Crippen LogP contribution is 2.11. The maximum absolute atomic E-state index is 11.9. The lowest BCUT2D eigenvalue weighted by molar-refractivity contribution is -0.136. The number of carbonyl (C=O) groups is 2. The maximum atomic E-state index is 11.9. The highest BCUT2D eigenvalue weighted by Gasteiger charge is 2.18. The van der Waals surface area contributed by atoms with Crippen LogP contribution in [0.3, 0.4) is 0 Å². The monoisotopic (exact) mass is 259 g/mol. The summed E-state index contributed by atoms with van der Waals surface area (Å²) in [7, 11) is 0. The average molecular weight is 259 g/mol. The molecule has 0 unspecified atom stereocenters. The van der Waals surface area contributed by atoms with Crippen LogP contribution in [0.4, 0.5) is 0 Å². The van der Waals surface area contributed by atoms with Gasteiger partial charge in [-0.2, -0.15) is 0 Å². The molecule has 2 rings (SSSR count). The normalized spacial score (nSPS) is 15.3. The van der Waals surface area contributed by atoms with Crippen LogP contribution in [0.25, 0.3) is 0 Å². The number of Topliss-reactive ketones (excluding diaryl/α,β-unsaturated/α-hetero) is 1. The lowest BCUT2D eigenvalue weighted by Crippen LogP contribution is -2.36. The summed E-state index contributed by atoms with van der Waals surface area (Å²) in [4.78, 5) is 25.6. The van der Waals surface area contributed by atoms with Crippen LogP contribution >= 0.6 is 0 Å². The minimum absolute atomic E-state index is 0.0118. The number of aryl methyl sites for hydroxylation is 1. The van der Waals surface area contributed by atoms with E-state index < -0.39 is 0 Å². The van der Waals surface area contributed by atoms with E-state index in [-0.39, 0.29) is 18.1 Å². The second kappa shape index (κ2) is 7.07. The van der Waals surface area contributed by atoms with Gasteiger partial charge in [-0.1, -0.05) is 30.3 Å². The Kier molecular flexibility index (Phi) is 5.13. The van der Waals surface area contributed by atoms with E-state index in [2.05, 4.69) is 0 Å². The molecule has 0 atom stereocenters. The van der Waals surface area contributed by atoms with E-state index in [1.54, 1.807) is 0 Å². The van der Waals surface area contributed by atoms with Gasteiger partial charge in [0.1, 0.15) is 5.78 Å². The fourth-order valence-electron chi connectivity index (χ4n) is 2.44. The molecule has 19 heavy (non-hydrogen) atoms. The van der Waals surface area contributed by atoms with Gasteiger partial charge in [0.15, 0.2) is 0 Å². The van der Waals surface area contributed by atoms with E-state index in [9.17, 15) is 9.59 Å². The number of benzene rings is 1. The van der Waals surface area contributed by atoms with E-state index in [1.165, 1.54) is 6.42 Å². The summed E-state index contributed by atoms with van der Waals surface area (Å²) in [5, 5.41) is 0. The van der Waals surface area contributed by atoms with Gasteiger partial charge in [-0.25, -0.2) is 0 Å². The van der Waals surface area contributed by atoms with Gasteiger partial charge in [0, 0.05) is 19.5 Å². The van der Waals surface area contributed by atoms with Gasteiger partial charge < -0.3 is 4.90 Å².